The van der Waals surface area contributed by atoms with E-state index in [0.717, 1.165) is 23.3 Å². The molecular formula is C34H26BaN6O12S2+2. The minimum absolute atomic E-state index is 0. The van der Waals surface area contributed by atoms with Crippen molar-refractivity contribution in [3.05, 3.63) is 118 Å². The molecule has 0 spiro atoms. The van der Waals surface area contributed by atoms with Crippen LogP contribution >= 0.6 is 0 Å². The molecule has 0 aliphatic heterocycles. The summed E-state index contributed by atoms with van der Waals surface area (Å²) in [6.07, 6.45) is 0. The van der Waals surface area contributed by atoms with Crippen molar-refractivity contribution in [2.24, 2.45) is 20.5 Å². The minimum atomic E-state index is -4.96. The SMILES string of the molecule is Cc1ccc([N+](=O)O)c(N=Nc2c(O)c(S(=O)(=O)[O-])cc3ccccc23)c1.Cc1ccc([N+](=O)O)c(N=Nc2c(O)c(S(=O)(=O)[O-])cc3ccccc23)c1.[Ba+2]. The van der Waals surface area contributed by atoms with Gasteiger partial charge < -0.3 is 19.3 Å². The number of phenolic OH excluding ortho intramolecular Hbond substituents is 2. The maximum atomic E-state index is 11.4. The Hall–Kier alpha value is -5.17. The van der Waals surface area contributed by atoms with Gasteiger partial charge in [-0.25, -0.2) is 27.3 Å². The molecule has 0 amide bonds. The maximum Gasteiger partial charge on any atom is 2.00 e. The average Bonchev–Trinajstić information content (AvgIpc) is 3.09. The van der Waals surface area contributed by atoms with Crippen LogP contribution < -0.4 is 0 Å². The van der Waals surface area contributed by atoms with E-state index in [-0.39, 0.29) is 92.9 Å². The molecule has 21 heteroatoms. The molecule has 0 aliphatic carbocycles. The van der Waals surface area contributed by atoms with E-state index in [0.29, 0.717) is 21.5 Å². The van der Waals surface area contributed by atoms with Gasteiger partial charge in [0, 0.05) is 22.9 Å². The molecule has 0 atom stereocenters. The molecule has 0 aromatic heterocycles. The number of rotatable bonds is 8. The van der Waals surface area contributed by atoms with Gasteiger partial charge >= 0.3 is 60.3 Å². The maximum absolute atomic E-state index is 11.4. The number of phenols is 2. The van der Waals surface area contributed by atoms with Crippen LogP contribution in [0.2, 0.25) is 0 Å². The molecule has 18 nitrogen and oxygen atoms in total. The van der Waals surface area contributed by atoms with Crippen molar-refractivity contribution in [1.82, 2.24) is 0 Å². The Bertz CT molecular complexity index is 2610. The number of aromatic hydroxyl groups is 2. The Balaban J connectivity index is 0.000000240. The molecule has 0 fully saturated rings. The predicted octanol–water partition coefficient (Wildman–Crippen LogP) is 7.57. The van der Waals surface area contributed by atoms with Gasteiger partial charge in [-0.3, -0.25) is 0 Å². The van der Waals surface area contributed by atoms with Gasteiger partial charge in [0.25, 0.3) is 9.85 Å². The predicted molar refractivity (Wildman–Crippen MR) is 194 cm³/mol. The number of azo groups is 2. The Morgan fingerprint density at radius 2 is 0.891 bits per heavy atom. The quantitative estimate of drug-likeness (QED) is 0.0498. The van der Waals surface area contributed by atoms with Gasteiger partial charge in [-0.1, -0.05) is 60.7 Å². The third kappa shape index (κ3) is 9.75. The van der Waals surface area contributed by atoms with Crippen molar-refractivity contribution in [1.29, 1.82) is 0 Å². The second-order valence-electron chi connectivity index (χ2n) is 11.4. The van der Waals surface area contributed by atoms with Crippen LogP contribution in [0.3, 0.4) is 0 Å². The zero-order valence-electron chi connectivity index (χ0n) is 28.5. The van der Waals surface area contributed by atoms with Crippen LogP contribution in [-0.4, -0.2) is 105 Å². The van der Waals surface area contributed by atoms with Crippen molar-refractivity contribution < 1.29 is 56.4 Å². The van der Waals surface area contributed by atoms with Gasteiger partial charge in [-0.05, 0) is 60.0 Å². The molecule has 0 saturated carbocycles. The molecule has 0 radical (unpaired) electrons. The van der Waals surface area contributed by atoms with E-state index >= 15 is 0 Å². The van der Waals surface area contributed by atoms with Gasteiger partial charge in [-0.15, -0.1) is 20.5 Å². The van der Waals surface area contributed by atoms with Crippen LogP contribution in [-0.2, 0) is 20.2 Å². The van der Waals surface area contributed by atoms with Crippen LogP contribution in [0.15, 0.2) is 127 Å². The van der Waals surface area contributed by atoms with E-state index in [1.807, 2.05) is 0 Å². The standard InChI is InChI=1S/2C17H13N3O6S.Ba/c2*1-10-6-7-14(20(22)23)13(8-10)18-19-16-12-5-3-2-4-11(12)9-15(17(16)21)27(24,25)26;/h2*2-9H,1H3,(H2-,18,21,22,23,24,25,26);/q;;+2. The number of hydrogen-bond acceptors (Lipinski definition) is 14. The van der Waals surface area contributed by atoms with Crippen LogP contribution in [0.4, 0.5) is 34.1 Å². The molecule has 6 rings (SSSR count). The van der Waals surface area contributed by atoms with Crippen LogP contribution in [0.5, 0.6) is 11.5 Å². The summed E-state index contributed by atoms with van der Waals surface area (Å²) in [4.78, 5) is 20.1. The Labute approximate surface area is 351 Å². The first kappa shape index (κ1) is 42.6. The Morgan fingerprint density at radius 1 is 0.545 bits per heavy atom. The molecule has 0 bridgehead atoms. The van der Waals surface area contributed by atoms with E-state index < -0.39 is 41.5 Å². The summed E-state index contributed by atoms with van der Waals surface area (Å²) in [6, 6.07) is 23.6. The number of aryl methyl sites for hydroxylation is 2. The summed E-state index contributed by atoms with van der Waals surface area (Å²) in [5, 5.41) is 55.8. The molecule has 0 aliphatic rings. The molecule has 0 saturated heterocycles. The monoisotopic (exact) mass is 912 g/mol. The van der Waals surface area contributed by atoms with Gasteiger partial charge in [-0.2, -0.15) is 0 Å². The first-order chi connectivity index (χ1) is 25.4. The summed E-state index contributed by atoms with van der Waals surface area (Å²) in [5.74, 6) is -1.69. The Morgan fingerprint density at radius 3 is 1.22 bits per heavy atom. The fourth-order valence-electron chi connectivity index (χ4n) is 5.13. The summed E-state index contributed by atoms with van der Waals surface area (Å²) in [6.45, 7) is 3.46. The summed E-state index contributed by atoms with van der Waals surface area (Å²) in [7, 11) is -9.92. The van der Waals surface area contributed by atoms with Crippen LogP contribution in [0, 0.1) is 23.7 Å². The van der Waals surface area contributed by atoms with Crippen LogP contribution in [0.25, 0.3) is 21.5 Å². The van der Waals surface area contributed by atoms with Crippen LogP contribution in [0.1, 0.15) is 11.1 Å². The summed E-state index contributed by atoms with van der Waals surface area (Å²) in [5.41, 5.74) is 0.550. The van der Waals surface area contributed by atoms with E-state index in [4.69, 9.17) is 0 Å². The molecule has 6 aromatic rings. The third-order valence-electron chi connectivity index (χ3n) is 7.65. The summed E-state index contributed by atoms with van der Waals surface area (Å²) >= 11 is 0. The number of fused-ring (bicyclic) bond motifs is 2. The van der Waals surface area contributed by atoms with Crippen molar-refractivity contribution in [3.8, 4) is 11.5 Å². The van der Waals surface area contributed by atoms with Crippen molar-refractivity contribution in [2.75, 3.05) is 0 Å². The first-order valence-electron chi connectivity index (χ1n) is 15.1. The van der Waals surface area contributed by atoms with Gasteiger partial charge in [0.2, 0.25) is 0 Å². The molecular weight excluding hydrogens is 886 g/mol. The second kappa shape index (κ2) is 17.1. The smallest absolute Gasteiger partial charge is 0.744 e. The Kier molecular flexibility index (Phi) is 13.2. The normalized spacial score (nSPS) is 11.7. The largest absolute Gasteiger partial charge is 2.00 e. The second-order valence-corrected chi connectivity index (χ2v) is 14.1. The average molecular weight is 912 g/mol. The fraction of sp³-hybridized carbons (Fsp3) is 0.0588. The zero-order valence-corrected chi connectivity index (χ0v) is 34.6. The fourth-order valence-corrected chi connectivity index (χ4v) is 6.34. The molecule has 4 N–H and O–H groups in total. The van der Waals surface area contributed by atoms with Gasteiger partial charge in [0.05, 0.1) is 19.6 Å². The van der Waals surface area contributed by atoms with Crippen molar-refractivity contribution >= 4 is 125 Å². The minimum Gasteiger partial charge on any atom is -0.744 e. The molecule has 0 heterocycles. The number of nitrogens with zero attached hydrogens (tertiary/aromatic N) is 6. The topological polar surface area (TPSA) is 285 Å². The number of hydrogen-bond donors (Lipinski definition) is 4. The molecule has 276 valence electrons. The molecule has 6 aromatic carbocycles. The summed E-state index contributed by atoms with van der Waals surface area (Å²) < 4.78 is 68.7. The van der Waals surface area contributed by atoms with E-state index in [1.54, 1.807) is 74.5 Å². The first-order valence-corrected chi connectivity index (χ1v) is 18.0. The molecule has 0 unspecified atom stereocenters. The van der Waals surface area contributed by atoms with E-state index in [1.165, 1.54) is 24.3 Å². The molecule has 55 heavy (non-hydrogen) atoms. The van der Waals surface area contributed by atoms with Crippen molar-refractivity contribution in [2.45, 2.75) is 23.6 Å². The van der Waals surface area contributed by atoms with E-state index in [9.17, 15) is 56.4 Å². The van der Waals surface area contributed by atoms with E-state index in [2.05, 4.69) is 20.5 Å². The van der Waals surface area contributed by atoms with Gasteiger partial charge in [0.15, 0.2) is 22.9 Å². The number of benzene rings is 6. The van der Waals surface area contributed by atoms with Gasteiger partial charge in [0.1, 0.15) is 31.6 Å². The van der Waals surface area contributed by atoms with Crippen molar-refractivity contribution in [3.63, 3.8) is 0 Å². The third-order valence-corrected chi connectivity index (χ3v) is 9.35. The zero-order chi connectivity index (χ0) is 39.5.